The van der Waals surface area contributed by atoms with E-state index in [0.29, 0.717) is 20.9 Å². The molecule has 2 aromatic rings. The maximum Gasteiger partial charge on any atom is 0.166 e. The van der Waals surface area contributed by atoms with Crippen LogP contribution in [0.4, 0.5) is 21.6 Å². The van der Waals surface area contributed by atoms with E-state index in [-0.39, 0.29) is 5.82 Å². The number of nitrogens with zero attached hydrogens (tertiary/aromatic N) is 1. The molecule has 88 valence electrons. The van der Waals surface area contributed by atoms with Gasteiger partial charge in [0, 0.05) is 16.4 Å². The zero-order valence-corrected chi connectivity index (χ0v) is 10.9. The van der Waals surface area contributed by atoms with Crippen LogP contribution in [0, 0.1) is 5.82 Å². The summed E-state index contributed by atoms with van der Waals surface area (Å²) in [6.45, 7) is 0. The third-order valence-electron chi connectivity index (χ3n) is 2.05. The molecule has 0 aliphatic rings. The highest BCUT2D eigenvalue weighted by molar-refractivity contribution is 9.10. The quantitative estimate of drug-likeness (QED) is 0.825. The van der Waals surface area contributed by atoms with Gasteiger partial charge in [-0.25, -0.2) is 9.37 Å². The first-order valence-electron chi connectivity index (χ1n) is 4.69. The highest BCUT2D eigenvalue weighted by atomic mass is 79.9. The maximum atomic E-state index is 13.5. The largest absolute Gasteiger partial charge is 0.399 e. The Morgan fingerprint density at radius 1 is 1.35 bits per heavy atom. The van der Waals surface area contributed by atoms with Crippen molar-refractivity contribution in [3.63, 3.8) is 0 Å². The van der Waals surface area contributed by atoms with Gasteiger partial charge in [0.25, 0.3) is 0 Å². The van der Waals surface area contributed by atoms with Gasteiger partial charge in [-0.15, -0.1) is 0 Å². The number of hydrogen-bond acceptors (Lipinski definition) is 3. The van der Waals surface area contributed by atoms with Gasteiger partial charge in [0.05, 0.1) is 10.7 Å². The molecule has 3 nitrogen and oxygen atoms in total. The molecular weight excluding hydrogens is 308 g/mol. The van der Waals surface area contributed by atoms with Crippen LogP contribution < -0.4 is 11.1 Å². The van der Waals surface area contributed by atoms with E-state index in [0.717, 1.165) is 0 Å². The molecule has 0 spiro atoms. The van der Waals surface area contributed by atoms with Crippen molar-refractivity contribution in [3.8, 4) is 0 Å². The fourth-order valence-electron chi connectivity index (χ4n) is 1.27. The zero-order valence-electron chi connectivity index (χ0n) is 8.55. The van der Waals surface area contributed by atoms with Crippen LogP contribution in [0.5, 0.6) is 0 Å². The highest BCUT2D eigenvalue weighted by Crippen LogP contribution is 2.28. The second-order valence-corrected chi connectivity index (χ2v) is 4.67. The standard InChI is InChI=1S/C11H8BrClFN3/c12-6-3-9(14)11(16-5-6)17-10-4-7(15)1-2-8(10)13/h1-5H,15H2,(H,16,17). The smallest absolute Gasteiger partial charge is 0.166 e. The summed E-state index contributed by atoms with van der Waals surface area (Å²) in [5.41, 5.74) is 6.67. The molecular formula is C11H8BrClFN3. The topological polar surface area (TPSA) is 50.9 Å². The number of benzene rings is 1. The molecule has 0 aliphatic heterocycles. The van der Waals surface area contributed by atoms with E-state index >= 15 is 0 Å². The molecule has 0 amide bonds. The number of anilines is 3. The summed E-state index contributed by atoms with van der Waals surface area (Å²) in [6, 6.07) is 6.23. The van der Waals surface area contributed by atoms with E-state index in [1.807, 2.05) is 0 Å². The predicted molar refractivity (Wildman–Crippen MR) is 71.0 cm³/mol. The molecule has 0 saturated heterocycles. The minimum atomic E-state index is -0.474. The Morgan fingerprint density at radius 2 is 2.12 bits per heavy atom. The summed E-state index contributed by atoms with van der Waals surface area (Å²) >= 11 is 9.08. The minimum absolute atomic E-state index is 0.0979. The van der Waals surface area contributed by atoms with E-state index in [4.69, 9.17) is 17.3 Å². The van der Waals surface area contributed by atoms with Gasteiger partial charge in [-0.1, -0.05) is 11.6 Å². The number of hydrogen-bond donors (Lipinski definition) is 2. The SMILES string of the molecule is Nc1ccc(Cl)c(Nc2ncc(Br)cc2F)c1. The lowest BCUT2D eigenvalue weighted by molar-refractivity contribution is 0.625. The van der Waals surface area contributed by atoms with Crippen LogP contribution in [-0.4, -0.2) is 4.98 Å². The van der Waals surface area contributed by atoms with Gasteiger partial charge in [0.15, 0.2) is 11.6 Å². The first-order chi connectivity index (χ1) is 8.06. The van der Waals surface area contributed by atoms with E-state index < -0.39 is 5.82 Å². The zero-order chi connectivity index (χ0) is 12.4. The summed E-state index contributed by atoms with van der Waals surface area (Å²) in [6.07, 6.45) is 1.49. The van der Waals surface area contributed by atoms with Crippen LogP contribution in [0.25, 0.3) is 0 Å². The molecule has 6 heteroatoms. The highest BCUT2D eigenvalue weighted by Gasteiger charge is 2.07. The molecule has 2 rings (SSSR count). The monoisotopic (exact) mass is 315 g/mol. The first-order valence-corrected chi connectivity index (χ1v) is 5.86. The van der Waals surface area contributed by atoms with E-state index in [9.17, 15) is 4.39 Å². The Kier molecular flexibility index (Phi) is 3.49. The van der Waals surface area contributed by atoms with E-state index in [2.05, 4.69) is 26.2 Å². The van der Waals surface area contributed by atoms with Gasteiger partial charge < -0.3 is 11.1 Å². The molecule has 3 N–H and O–H groups in total. The van der Waals surface area contributed by atoms with E-state index in [1.165, 1.54) is 12.3 Å². The lowest BCUT2D eigenvalue weighted by atomic mass is 10.3. The van der Waals surface area contributed by atoms with Crippen molar-refractivity contribution in [1.82, 2.24) is 4.98 Å². The summed E-state index contributed by atoms with van der Waals surface area (Å²) in [7, 11) is 0. The Labute approximate surface area is 111 Å². The van der Waals surface area contributed by atoms with Crippen molar-refractivity contribution in [1.29, 1.82) is 0 Å². The summed E-state index contributed by atoms with van der Waals surface area (Å²) < 4.78 is 14.1. The van der Waals surface area contributed by atoms with Gasteiger partial charge in [0.1, 0.15) is 0 Å². The number of nitrogens with one attached hydrogen (secondary N) is 1. The first kappa shape index (κ1) is 12.1. The Hall–Kier alpha value is -1.33. The fourth-order valence-corrected chi connectivity index (χ4v) is 1.74. The summed E-state index contributed by atoms with van der Waals surface area (Å²) in [5, 5.41) is 3.24. The lowest BCUT2D eigenvalue weighted by Crippen LogP contribution is -1.98. The van der Waals surface area contributed by atoms with Gasteiger partial charge in [0.2, 0.25) is 0 Å². The van der Waals surface area contributed by atoms with Crippen LogP contribution in [0.15, 0.2) is 34.9 Å². The average Bonchev–Trinajstić information content (AvgIpc) is 2.27. The molecule has 0 atom stereocenters. The molecule has 0 fully saturated rings. The predicted octanol–water partition coefficient (Wildman–Crippen LogP) is 3.96. The molecule has 17 heavy (non-hydrogen) atoms. The van der Waals surface area contributed by atoms with Crippen LogP contribution in [0.2, 0.25) is 5.02 Å². The molecule has 0 bridgehead atoms. The van der Waals surface area contributed by atoms with Crippen molar-refractivity contribution in [2.45, 2.75) is 0 Å². The lowest BCUT2D eigenvalue weighted by Gasteiger charge is -2.09. The Morgan fingerprint density at radius 3 is 2.82 bits per heavy atom. The third kappa shape index (κ3) is 2.87. The number of nitrogens with two attached hydrogens (primary N) is 1. The minimum Gasteiger partial charge on any atom is -0.399 e. The van der Waals surface area contributed by atoms with E-state index in [1.54, 1.807) is 18.2 Å². The van der Waals surface area contributed by atoms with Crippen LogP contribution >= 0.6 is 27.5 Å². The van der Waals surface area contributed by atoms with Gasteiger partial charge in [-0.2, -0.15) is 0 Å². The second-order valence-electron chi connectivity index (χ2n) is 3.35. The third-order valence-corrected chi connectivity index (χ3v) is 2.81. The molecule has 1 aromatic carbocycles. The molecule has 1 heterocycles. The normalized spacial score (nSPS) is 10.3. The van der Waals surface area contributed by atoms with Crippen LogP contribution in [0.3, 0.4) is 0 Å². The van der Waals surface area contributed by atoms with Crippen molar-refractivity contribution >= 4 is 44.7 Å². The number of rotatable bonds is 2. The van der Waals surface area contributed by atoms with Crippen molar-refractivity contribution in [2.75, 3.05) is 11.1 Å². The molecule has 0 saturated carbocycles. The van der Waals surface area contributed by atoms with Gasteiger partial charge in [-0.05, 0) is 40.2 Å². The van der Waals surface area contributed by atoms with Crippen molar-refractivity contribution < 1.29 is 4.39 Å². The molecule has 0 radical (unpaired) electrons. The molecule has 0 aliphatic carbocycles. The van der Waals surface area contributed by atoms with Crippen molar-refractivity contribution in [2.24, 2.45) is 0 Å². The number of aromatic nitrogens is 1. The number of halogens is 3. The Bertz CT molecular complexity index is 562. The number of nitrogen functional groups attached to an aromatic ring is 1. The number of pyridine rings is 1. The van der Waals surface area contributed by atoms with Crippen molar-refractivity contribution in [3.05, 3.63) is 45.8 Å². The second kappa shape index (κ2) is 4.89. The summed E-state index contributed by atoms with van der Waals surface area (Å²) in [5.74, 6) is -0.376. The fraction of sp³-hybridized carbons (Fsp3) is 0. The van der Waals surface area contributed by atoms with Gasteiger partial charge >= 0.3 is 0 Å². The Balaban J connectivity index is 2.34. The maximum absolute atomic E-state index is 13.5. The molecule has 1 aromatic heterocycles. The average molecular weight is 317 g/mol. The van der Waals surface area contributed by atoms with Crippen LogP contribution in [0.1, 0.15) is 0 Å². The van der Waals surface area contributed by atoms with Gasteiger partial charge in [-0.3, -0.25) is 0 Å². The molecule has 0 unspecified atom stereocenters. The van der Waals surface area contributed by atoms with Crippen LogP contribution in [-0.2, 0) is 0 Å². The summed E-state index contributed by atoms with van der Waals surface area (Å²) in [4.78, 5) is 3.91.